The van der Waals surface area contributed by atoms with Crippen molar-refractivity contribution in [3.05, 3.63) is 36.0 Å². The number of aliphatic hydroxyl groups is 1. The molecule has 0 amide bonds. The molecular weight excluding hydrogens is 440 g/mol. The lowest BCUT2D eigenvalue weighted by atomic mass is 9.67. The summed E-state index contributed by atoms with van der Waals surface area (Å²) >= 11 is 0. The van der Waals surface area contributed by atoms with E-state index in [1.54, 1.807) is 39.8 Å². The van der Waals surface area contributed by atoms with Crippen LogP contribution in [-0.4, -0.2) is 52.7 Å². The van der Waals surface area contributed by atoms with Crippen LogP contribution in [0, 0.1) is 23.2 Å². The maximum absolute atomic E-state index is 13.2. The summed E-state index contributed by atoms with van der Waals surface area (Å²) in [6, 6.07) is 0. The summed E-state index contributed by atoms with van der Waals surface area (Å²) in [7, 11) is 0. The maximum atomic E-state index is 13.2. The quantitative estimate of drug-likeness (QED) is 0.355. The summed E-state index contributed by atoms with van der Waals surface area (Å²) in [5.74, 6) is -4.09. The second-order valence-electron chi connectivity index (χ2n) is 10.1. The third-order valence-electron chi connectivity index (χ3n) is 7.81. The molecule has 1 heterocycles. The van der Waals surface area contributed by atoms with Crippen molar-refractivity contribution in [1.82, 2.24) is 0 Å². The van der Waals surface area contributed by atoms with Crippen molar-refractivity contribution < 1.29 is 38.5 Å². The lowest BCUT2D eigenvalue weighted by Crippen LogP contribution is -2.55. The molecule has 0 aromatic heterocycles. The van der Waals surface area contributed by atoms with Crippen molar-refractivity contribution in [2.24, 2.45) is 23.2 Å². The minimum Gasteiger partial charge on any atom is -0.457 e. The maximum Gasteiger partial charge on any atom is 0.334 e. The van der Waals surface area contributed by atoms with Gasteiger partial charge in [-0.15, -0.1) is 0 Å². The predicted molar refractivity (Wildman–Crippen MR) is 122 cm³/mol. The van der Waals surface area contributed by atoms with Gasteiger partial charge in [-0.1, -0.05) is 32.6 Å². The minimum atomic E-state index is -1.27. The summed E-state index contributed by atoms with van der Waals surface area (Å²) in [6.07, 6.45) is 1.82. The van der Waals surface area contributed by atoms with Crippen LogP contribution >= 0.6 is 0 Å². The number of carbonyl (C=O) groups excluding carboxylic acids is 4. The molecule has 0 spiro atoms. The van der Waals surface area contributed by atoms with Crippen LogP contribution in [0.1, 0.15) is 54.4 Å². The van der Waals surface area contributed by atoms with E-state index in [1.807, 2.05) is 6.92 Å². The van der Waals surface area contributed by atoms with E-state index < -0.39 is 65.0 Å². The van der Waals surface area contributed by atoms with Gasteiger partial charge in [0.2, 0.25) is 0 Å². The normalized spacial score (nSPS) is 36.8. The third-order valence-corrected chi connectivity index (χ3v) is 7.81. The van der Waals surface area contributed by atoms with Crippen LogP contribution < -0.4 is 0 Å². The second kappa shape index (κ2) is 9.13. The number of allylic oxidation sites excluding steroid dienone is 3. The van der Waals surface area contributed by atoms with E-state index in [0.29, 0.717) is 12.0 Å². The summed E-state index contributed by atoms with van der Waals surface area (Å²) in [4.78, 5) is 51.7. The average molecular weight is 475 g/mol. The number of hydrogen-bond donors (Lipinski definition) is 1. The van der Waals surface area contributed by atoms with Gasteiger partial charge in [0.15, 0.2) is 5.78 Å². The molecule has 0 aromatic rings. The average Bonchev–Trinajstić information content (AvgIpc) is 3.06. The van der Waals surface area contributed by atoms with Crippen molar-refractivity contribution in [2.75, 3.05) is 0 Å². The zero-order valence-corrected chi connectivity index (χ0v) is 20.6. The Morgan fingerprint density at radius 1 is 1.32 bits per heavy atom. The third kappa shape index (κ3) is 4.24. The molecule has 2 aliphatic carbocycles. The summed E-state index contributed by atoms with van der Waals surface area (Å²) in [5, 5.41) is 10.4. The number of carbonyl (C=O) groups is 4. The molecular formula is C26H34O8. The standard InChI is InChI=1S/C26H34O8/c1-8-13(3)23(29)34-22-19-15(5)24(30)33-20(14(4)16-10-11-17(27)26(16,22)7)21(19)32-18(28)12-25(6,31)9-2/h8,10-11,14,16,19-22,31H,5,9,12H2,1-4,6-7H3/b13-8-/t14-,16-,19-,20+,21-,22-,25?,26-/m0/s1. The fourth-order valence-electron chi connectivity index (χ4n) is 5.22. The van der Waals surface area contributed by atoms with Crippen LogP contribution in [0.15, 0.2) is 36.0 Å². The number of hydrogen-bond acceptors (Lipinski definition) is 8. The first-order valence-corrected chi connectivity index (χ1v) is 11.7. The lowest BCUT2D eigenvalue weighted by molar-refractivity contribution is -0.191. The van der Waals surface area contributed by atoms with E-state index in [9.17, 15) is 24.3 Å². The van der Waals surface area contributed by atoms with E-state index in [2.05, 4.69) is 6.58 Å². The molecule has 186 valence electrons. The molecule has 2 fully saturated rings. The minimum absolute atomic E-state index is 0.0268. The largest absolute Gasteiger partial charge is 0.457 e. The van der Waals surface area contributed by atoms with Crippen molar-refractivity contribution in [2.45, 2.75) is 78.3 Å². The van der Waals surface area contributed by atoms with Gasteiger partial charge in [-0.05, 0) is 46.1 Å². The van der Waals surface area contributed by atoms with Gasteiger partial charge in [0.1, 0.15) is 18.3 Å². The fourth-order valence-corrected chi connectivity index (χ4v) is 5.22. The monoisotopic (exact) mass is 474 g/mol. The highest BCUT2D eigenvalue weighted by Crippen LogP contribution is 2.55. The van der Waals surface area contributed by atoms with Gasteiger partial charge in [0.25, 0.3) is 0 Å². The molecule has 8 heteroatoms. The molecule has 8 nitrogen and oxygen atoms in total. The summed E-state index contributed by atoms with van der Waals surface area (Å²) < 4.78 is 17.4. The number of ketones is 1. The van der Waals surface area contributed by atoms with E-state index >= 15 is 0 Å². The van der Waals surface area contributed by atoms with Gasteiger partial charge >= 0.3 is 17.9 Å². The molecule has 1 saturated carbocycles. The molecule has 2 bridgehead atoms. The molecule has 8 atom stereocenters. The molecule has 1 N–H and O–H groups in total. The highest BCUT2D eigenvalue weighted by Gasteiger charge is 2.65. The van der Waals surface area contributed by atoms with Gasteiger partial charge in [-0.25, -0.2) is 9.59 Å². The Balaban J connectivity index is 2.12. The molecule has 1 unspecified atom stereocenters. The number of fused-ring (bicyclic) bond motifs is 3. The zero-order chi connectivity index (χ0) is 25.6. The Bertz CT molecular complexity index is 973. The summed E-state index contributed by atoms with van der Waals surface area (Å²) in [5.41, 5.74) is -2.17. The van der Waals surface area contributed by atoms with E-state index in [0.717, 1.165) is 0 Å². The number of rotatable bonds is 6. The lowest BCUT2D eigenvalue weighted by Gasteiger charge is -2.42. The van der Waals surface area contributed by atoms with Crippen LogP contribution in [0.3, 0.4) is 0 Å². The van der Waals surface area contributed by atoms with Gasteiger partial charge in [0.05, 0.1) is 23.4 Å². The van der Waals surface area contributed by atoms with Crippen LogP contribution in [0.4, 0.5) is 0 Å². The first-order chi connectivity index (χ1) is 15.8. The van der Waals surface area contributed by atoms with Crippen LogP contribution in [0.25, 0.3) is 0 Å². The van der Waals surface area contributed by atoms with Gasteiger partial charge in [-0.3, -0.25) is 9.59 Å². The number of esters is 3. The Morgan fingerprint density at radius 2 is 1.97 bits per heavy atom. The Hall–Kier alpha value is -2.74. The van der Waals surface area contributed by atoms with Crippen molar-refractivity contribution in [3.63, 3.8) is 0 Å². The molecule has 0 aromatic carbocycles. The van der Waals surface area contributed by atoms with Gasteiger partial charge in [0, 0.05) is 17.1 Å². The molecule has 1 aliphatic heterocycles. The van der Waals surface area contributed by atoms with E-state index in [4.69, 9.17) is 14.2 Å². The molecule has 0 radical (unpaired) electrons. The predicted octanol–water partition coefficient (Wildman–Crippen LogP) is 2.84. The second-order valence-corrected chi connectivity index (χ2v) is 10.1. The zero-order valence-electron chi connectivity index (χ0n) is 20.6. The highest BCUT2D eigenvalue weighted by atomic mass is 16.6. The Morgan fingerprint density at radius 3 is 2.56 bits per heavy atom. The Kier molecular flexibility index (Phi) is 6.95. The first-order valence-electron chi connectivity index (χ1n) is 11.7. The van der Waals surface area contributed by atoms with Crippen molar-refractivity contribution in [1.29, 1.82) is 0 Å². The molecule has 3 rings (SSSR count). The van der Waals surface area contributed by atoms with E-state index in [-0.39, 0.29) is 17.8 Å². The van der Waals surface area contributed by atoms with E-state index in [1.165, 1.54) is 13.0 Å². The smallest absolute Gasteiger partial charge is 0.334 e. The number of ether oxygens (including phenoxy) is 3. The Labute approximate surface area is 200 Å². The van der Waals surface area contributed by atoms with Crippen molar-refractivity contribution >= 4 is 23.7 Å². The first kappa shape index (κ1) is 25.9. The molecule has 1 saturated heterocycles. The van der Waals surface area contributed by atoms with Gasteiger partial charge < -0.3 is 19.3 Å². The molecule has 34 heavy (non-hydrogen) atoms. The van der Waals surface area contributed by atoms with Crippen LogP contribution in [-0.2, 0) is 33.4 Å². The van der Waals surface area contributed by atoms with Gasteiger partial charge in [-0.2, -0.15) is 0 Å². The van der Waals surface area contributed by atoms with Crippen LogP contribution in [0.5, 0.6) is 0 Å². The van der Waals surface area contributed by atoms with Crippen molar-refractivity contribution in [3.8, 4) is 0 Å². The topological polar surface area (TPSA) is 116 Å². The SMILES string of the molecule is C=C1C(=O)O[C@@H]2[C@@H](C)[C@@H]3C=CC(=O)[C@@]3(C)[C@@H](OC(=O)/C(C)=C\C)[C@@H]1[C@@H]2OC(=O)CC(C)(O)CC. The highest BCUT2D eigenvalue weighted by molar-refractivity contribution is 5.99. The van der Waals surface area contributed by atoms with Crippen LogP contribution in [0.2, 0.25) is 0 Å². The fraction of sp³-hybridized carbons (Fsp3) is 0.615. The summed E-state index contributed by atoms with van der Waals surface area (Å²) in [6.45, 7) is 14.0. The molecule has 3 aliphatic rings.